The Kier molecular flexibility index (Phi) is 6.44. The van der Waals surface area contributed by atoms with Crippen LogP contribution in [0, 0.1) is 0 Å². The van der Waals surface area contributed by atoms with E-state index in [2.05, 4.69) is 28.7 Å². The summed E-state index contributed by atoms with van der Waals surface area (Å²) in [7, 11) is 0. The van der Waals surface area contributed by atoms with Gasteiger partial charge in [-0.15, -0.1) is 0 Å². The van der Waals surface area contributed by atoms with Crippen LogP contribution in [0.1, 0.15) is 25.6 Å². The van der Waals surface area contributed by atoms with Gasteiger partial charge in [-0.25, -0.2) is 4.98 Å². The van der Waals surface area contributed by atoms with Gasteiger partial charge >= 0.3 is 0 Å². The molecule has 0 saturated carbocycles. The predicted octanol–water partition coefficient (Wildman–Crippen LogP) is 0.816. The van der Waals surface area contributed by atoms with Crippen LogP contribution in [-0.4, -0.2) is 32.8 Å². The molecule has 6 heteroatoms. The van der Waals surface area contributed by atoms with Crippen molar-refractivity contribution in [1.82, 2.24) is 20.2 Å². The van der Waals surface area contributed by atoms with Crippen LogP contribution in [0.15, 0.2) is 6.33 Å². The maximum absolute atomic E-state index is 5.54. The van der Waals surface area contributed by atoms with Gasteiger partial charge in [0.15, 0.2) is 0 Å². The van der Waals surface area contributed by atoms with E-state index >= 15 is 0 Å². The van der Waals surface area contributed by atoms with Gasteiger partial charge in [0.1, 0.15) is 12.2 Å². The van der Waals surface area contributed by atoms with Gasteiger partial charge in [0.25, 0.3) is 0 Å². The van der Waals surface area contributed by atoms with Crippen LogP contribution in [-0.2, 0) is 13.0 Å². The van der Waals surface area contributed by atoms with Crippen LogP contribution in [0.4, 0.5) is 0 Å². The van der Waals surface area contributed by atoms with E-state index in [1.807, 2.05) is 16.4 Å². The molecule has 0 bridgehead atoms. The molecular weight excluding hydrogens is 222 g/mol. The SMILES string of the molecule is CCCn1ncnc1CC(CCSC)NN. The van der Waals surface area contributed by atoms with E-state index in [-0.39, 0.29) is 6.04 Å². The number of rotatable bonds is 8. The summed E-state index contributed by atoms with van der Waals surface area (Å²) in [6.45, 7) is 3.06. The largest absolute Gasteiger partial charge is 0.271 e. The lowest BCUT2D eigenvalue weighted by Crippen LogP contribution is -2.38. The fourth-order valence-electron chi connectivity index (χ4n) is 1.57. The van der Waals surface area contributed by atoms with Crippen molar-refractivity contribution < 1.29 is 0 Å². The summed E-state index contributed by atoms with van der Waals surface area (Å²) in [5.41, 5.74) is 2.85. The van der Waals surface area contributed by atoms with E-state index in [0.717, 1.165) is 37.4 Å². The van der Waals surface area contributed by atoms with E-state index in [4.69, 9.17) is 5.84 Å². The first-order chi connectivity index (χ1) is 7.81. The minimum absolute atomic E-state index is 0.284. The van der Waals surface area contributed by atoms with E-state index in [0.29, 0.717) is 0 Å². The van der Waals surface area contributed by atoms with Gasteiger partial charge < -0.3 is 0 Å². The van der Waals surface area contributed by atoms with Crippen molar-refractivity contribution in [3.63, 3.8) is 0 Å². The molecule has 0 fully saturated rings. The van der Waals surface area contributed by atoms with E-state index < -0.39 is 0 Å². The Bertz CT molecular complexity index is 288. The van der Waals surface area contributed by atoms with Crippen LogP contribution in [0.25, 0.3) is 0 Å². The third kappa shape index (κ3) is 4.11. The van der Waals surface area contributed by atoms with Crippen LogP contribution >= 0.6 is 11.8 Å². The van der Waals surface area contributed by atoms with Crippen molar-refractivity contribution in [2.24, 2.45) is 5.84 Å². The smallest absolute Gasteiger partial charge is 0.138 e. The zero-order valence-electron chi connectivity index (χ0n) is 10.0. The highest BCUT2D eigenvalue weighted by atomic mass is 32.2. The molecule has 5 nitrogen and oxygen atoms in total. The van der Waals surface area contributed by atoms with Gasteiger partial charge in [-0.1, -0.05) is 6.92 Å². The Labute approximate surface area is 101 Å². The van der Waals surface area contributed by atoms with Gasteiger partial charge in [-0.05, 0) is 24.9 Å². The summed E-state index contributed by atoms with van der Waals surface area (Å²) in [6, 6.07) is 0.284. The molecule has 0 spiro atoms. The summed E-state index contributed by atoms with van der Waals surface area (Å²) in [4.78, 5) is 4.28. The van der Waals surface area contributed by atoms with Gasteiger partial charge in [0.05, 0.1) is 0 Å². The number of aromatic nitrogens is 3. The van der Waals surface area contributed by atoms with E-state index in [1.165, 1.54) is 0 Å². The van der Waals surface area contributed by atoms with Gasteiger partial charge in [-0.2, -0.15) is 16.9 Å². The second-order valence-electron chi connectivity index (χ2n) is 3.75. The Morgan fingerprint density at radius 2 is 2.44 bits per heavy atom. The second-order valence-corrected chi connectivity index (χ2v) is 4.73. The third-order valence-corrected chi connectivity index (χ3v) is 3.11. The van der Waals surface area contributed by atoms with Gasteiger partial charge in [0.2, 0.25) is 0 Å². The highest BCUT2D eigenvalue weighted by molar-refractivity contribution is 7.98. The molecule has 1 atom stereocenters. The summed E-state index contributed by atoms with van der Waals surface area (Å²) >= 11 is 1.83. The molecule has 16 heavy (non-hydrogen) atoms. The zero-order chi connectivity index (χ0) is 11.8. The fourth-order valence-corrected chi connectivity index (χ4v) is 2.09. The predicted molar refractivity (Wildman–Crippen MR) is 68.1 cm³/mol. The first kappa shape index (κ1) is 13.5. The van der Waals surface area contributed by atoms with Crippen molar-refractivity contribution in [3.05, 3.63) is 12.2 Å². The maximum Gasteiger partial charge on any atom is 0.138 e. The monoisotopic (exact) mass is 243 g/mol. The highest BCUT2D eigenvalue weighted by Gasteiger charge is 2.11. The normalized spacial score (nSPS) is 12.9. The van der Waals surface area contributed by atoms with E-state index in [9.17, 15) is 0 Å². The van der Waals surface area contributed by atoms with Crippen molar-refractivity contribution in [2.75, 3.05) is 12.0 Å². The van der Waals surface area contributed by atoms with Crippen molar-refractivity contribution >= 4 is 11.8 Å². The zero-order valence-corrected chi connectivity index (χ0v) is 10.8. The van der Waals surface area contributed by atoms with Crippen LogP contribution < -0.4 is 11.3 Å². The molecule has 3 N–H and O–H groups in total. The Balaban J connectivity index is 2.51. The first-order valence-electron chi connectivity index (χ1n) is 5.63. The Morgan fingerprint density at radius 1 is 1.62 bits per heavy atom. The second kappa shape index (κ2) is 7.65. The van der Waals surface area contributed by atoms with Gasteiger partial charge in [-0.3, -0.25) is 16.0 Å². The molecule has 0 aliphatic heterocycles. The van der Waals surface area contributed by atoms with Crippen LogP contribution in [0.5, 0.6) is 0 Å². The standard InChI is InChI=1S/C10H21N5S/c1-3-5-15-10(12-8-13-15)7-9(14-11)4-6-16-2/h8-9,14H,3-7,11H2,1-2H3. The molecule has 0 aliphatic carbocycles. The van der Waals surface area contributed by atoms with E-state index in [1.54, 1.807) is 6.33 Å². The summed E-state index contributed by atoms with van der Waals surface area (Å²) in [6.07, 6.45) is 6.69. The lowest BCUT2D eigenvalue weighted by molar-refractivity contribution is 0.477. The molecule has 0 radical (unpaired) electrons. The molecule has 1 heterocycles. The number of nitrogens with zero attached hydrogens (tertiary/aromatic N) is 3. The minimum atomic E-state index is 0.284. The summed E-state index contributed by atoms with van der Waals surface area (Å²) < 4.78 is 1.96. The number of nitrogens with one attached hydrogen (secondary N) is 1. The topological polar surface area (TPSA) is 68.8 Å². The van der Waals surface area contributed by atoms with Crippen molar-refractivity contribution in [2.45, 2.75) is 38.8 Å². The molecule has 0 saturated heterocycles. The average molecular weight is 243 g/mol. The minimum Gasteiger partial charge on any atom is -0.271 e. The molecule has 92 valence electrons. The Hall–Kier alpha value is -0.590. The highest BCUT2D eigenvalue weighted by Crippen LogP contribution is 2.06. The molecule has 1 rings (SSSR count). The lowest BCUT2D eigenvalue weighted by Gasteiger charge is -2.15. The molecule has 0 amide bonds. The molecule has 1 aromatic rings. The van der Waals surface area contributed by atoms with Crippen LogP contribution in [0.3, 0.4) is 0 Å². The number of hydrogen-bond donors (Lipinski definition) is 2. The van der Waals surface area contributed by atoms with Crippen LogP contribution in [0.2, 0.25) is 0 Å². The fraction of sp³-hybridized carbons (Fsp3) is 0.800. The molecule has 1 unspecified atom stereocenters. The molecule has 0 aliphatic rings. The Morgan fingerprint density at radius 3 is 3.06 bits per heavy atom. The quantitative estimate of drug-likeness (QED) is 0.522. The molecule has 0 aromatic carbocycles. The average Bonchev–Trinajstić information content (AvgIpc) is 2.72. The summed E-state index contributed by atoms with van der Waals surface area (Å²) in [5, 5.41) is 4.21. The lowest BCUT2D eigenvalue weighted by atomic mass is 10.1. The van der Waals surface area contributed by atoms with Crippen molar-refractivity contribution in [3.8, 4) is 0 Å². The first-order valence-corrected chi connectivity index (χ1v) is 7.03. The summed E-state index contributed by atoms with van der Waals surface area (Å²) in [5.74, 6) is 7.66. The number of aryl methyl sites for hydroxylation is 1. The number of nitrogens with two attached hydrogens (primary N) is 1. The third-order valence-electron chi connectivity index (χ3n) is 2.47. The van der Waals surface area contributed by atoms with Gasteiger partial charge in [0, 0.05) is 19.0 Å². The molecule has 1 aromatic heterocycles. The number of hydrogen-bond acceptors (Lipinski definition) is 5. The number of thioether (sulfide) groups is 1. The maximum atomic E-state index is 5.54. The molecular formula is C10H21N5S. The van der Waals surface area contributed by atoms with Crippen molar-refractivity contribution in [1.29, 1.82) is 0 Å². The number of hydrazine groups is 1.